The summed E-state index contributed by atoms with van der Waals surface area (Å²) < 4.78 is 13.0. The van der Waals surface area contributed by atoms with E-state index in [9.17, 15) is 3.89 Å². The lowest BCUT2D eigenvalue weighted by Crippen LogP contribution is -2.05. The van der Waals surface area contributed by atoms with Crippen molar-refractivity contribution in [1.29, 1.82) is 5.26 Å². The topological polar surface area (TPSA) is 48.2 Å². The van der Waals surface area contributed by atoms with E-state index in [1.54, 1.807) is 19.2 Å². The van der Waals surface area contributed by atoms with Gasteiger partial charge in [-0.2, -0.15) is 14.2 Å². The van der Waals surface area contributed by atoms with Crippen LogP contribution in [0.4, 0.5) is 3.89 Å². The van der Waals surface area contributed by atoms with Crippen LogP contribution in [0.3, 0.4) is 0 Å². The molecule has 0 aliphatic heterocycles. The Bertz CT molecular complexity index is 833. The van der Waals surface area contributed by atoms with Crippen LogP contribution in [0.2, 0.25) is 0 Å². The number of hydrazone groups is 1. The van der Waals surface area contributed by atoms with Crippen molar-refractivity contribution in [3.8, 4) is 6.07 Å². The first-order valence-electron chi connectivity index (χ1n) is 7.98. The Morgan fingerprint density at radius 1 is 1.28 bits per heavy atom. The van der Waals surface area contributed by atoms with Gasteiger partial charge in [0, 0.05) is 0 Å². The van der Waals surface area contributed by atoms with Crippen LogP contribution in [-0.4, -0.2) is 6.21 Å². The molecule has 0 saturated heterocycles. The van der Waals surface area contributed by atoms with Crippen molar-refractivity contribution < 1.29 is 3.89 Å². The van der Waals surface area contributed by atoms with E-state index in [0.717, 1.165) is 28.8 Å². The van der Waals surface area contributed by atoms with E-state index in [2.05, 4.69) is 35.7 Å². The van der Waals surface area contributed by atoms with Crippen LogP contribution >= 0.6 is 12.1 Å². The Morgan fingerprint density at radius 2 is 2.00 bits per heavy atom. The molecule has 0 spiro atoms. The minimum Gasteiger partial charge on any atom is -0.278 e. The van der Waals surface area contributed by atoms with Gasteiger partial charge in [-0.05, 0) is 49.1 Å². The predicted molar refractivity (Wildman–Crippen MR) is 103 cm³/mol. The lowest BCUT2D eigenvalue weighted by Gasteiger charge is -2.08. The van der Waals surface area contributed by atoms with E-state index in [1.165, 1.54) is 5.56 Å². The van der Waals surface area contributed by atoms with E-state index in [0.29, 0.717) is 10.5 Å². The average Bonchev–Trinajstić information content (AvgIpc) is 2.61. The van der Waals surface area contributed by atoms with Gasteiger partial charge >= 0.3 is 0 Å². The standard InChI is InChI=1S/C20H20FN3S/c1-4-5-19(17-8-6-14(2)7-9-17)24-23-13-16-10-15(3)18(12-22)20(11-16)25-21/h5-11,13,24H,4H2,1-3H3/b19-5+,23-13+. The van der Waals surface area contributed by atoms with Crippen LogP contribution in [0.15, 0.2) is 52.5 Å². The van der Waals surface area contributed by atoms with Crippen molar-refractivity contribution in [2.24, 2.45) is 5.10 Å². The van der Waals surface area contributed by atoms with Crippen LogP contribution in [-0.2, 0) is 0 Å². The Balaban J connectivity index is 2.21. The van der Waals surface area contributed by atoms with Crippen molar-refractivity contribution in [3.05, 3.63) is 70.3 Å². The zero-order valence-electron chi connectivity index (χ0n) is 14.5. The van der Waals surface area contributed by atoms with Crippen molar-refractivity contribution in [2.45, 2.75) is 32.1 Å². The fraction of sp³-hybridized carbons (Fsp3) is 0.200. The summed E-state index contributed by atoms with van der Waals surface area (Å²) in [5.41, 5.74) is 8.07. The Kier molecular flexibility index (Phi) is 6.79. The Morgan fingerprint density at radius 3 is 2.60 bits per heavy atom. The quantitative estimate of drug-likeness (QED) is 0.549. The summed E-state index contributed by atoms with van der Waals surface area (Å²) in [5, 5.41) is 13.4. The zero-order valence-corrected chi connectivity index (χ0v) is 15.3. The molecule has 0 aromatic heterocycles. The van der Waals surface area contributed by atoms with Gasteiger partial charge in [0.05, 0.1) is 34.5 Å². The molecule has 0 bridgehead atoms. The Hall–Kier alpha value is -2.58. The van der Waals surface area contributed by atoms with Gasteiger partial charge in [-0.3, -0.25) is 5.43 Å². The van der Waals surface area contributed by atoms with E-state index >= 15 is 0 Å². The molecule has 2 aromatic carbocycles. The number of nitrogens with one attached hydrogen (secondary N) is 1. The summed E-state index contributed by atoms with van der Waals surface area (Å²) in [6.07, 6.45) is 4.57. The number of hydrogen-bond donors (Lipinski definition) is 1. The first kappa shape index (κ1) is 18.8. The van der Waals surface area contributed by atoms with Gasteiger partial charge in [0.15, 0.2) is 0 Å². The smallest absolute Gasteiger partial charge is 0.101 e. The van der Waals surface area contributed by atoms with Gasteiger partial charge in [-0.25, -0.2) is 0 Å². The maximum absolute atomic E-state index is 13.0. The molecular formula is C20H20FN3S. The highest BCUT2D eigenvalue weighted by molar-refractivity contribution is 7.94. The van der Waals surface area contributed by atoms with Gasteiger partial charge in [0.25, 0.3) is 0 Å². The van der Waals surface area contributed by atoms with Gasteiger partial charge < -0.3 is 0 Å². The molecule has 0 aliphatic rings. The molecule has 0 heterocycles. The lowest BCUT2D eigenvalue weighted by molar-refractivity contribution is 0.932. The second-order valence-corrected chi connectivity index (χ2v) is 6.26. The molecule has 0 unspecified atom stereocenters. The second-order valence-electron chi connectivity index (χ2n) is 5.66. The molecule has 128 valence electrons. The van der Waals surface area contributed by atoms with Gasteiger partial charge in [0.2, 0.25) is 0 Å². The molecule has 0 saturated carbocycles. The minimum absolute atomic E-state index is 0.0785. The molecule has 0 fully saturated rings. The molecule has 5 heteroatoms. The fourth-order valence-electron chi connectivity index (χ4n) is 2.40. The molecule has 0 amide bonds. The average molecular weight is 353 g/mol. The number of aryl methyl sites for hydroxylation is 2. The van der Waals surface area contributed by atoms with Gasteiger partial charge in [0.1, 0.15) is 6.07 Å². The number of halogens is 1. The zero-order chi connectivity index (χ0) is 18.2. The molecule has 1 N–H and O–H groups in total. The number of nitrogens with zero attached hydrogens (tertiary/aromatic N) is 2. The van der Waals surface area contributed by atoms with Gasteiger partial charge in [-0.15, -0.1) is 0 Å². The van der Waals surface area contributed by atoms with Gasteiger partial charge in [-0.1, -0.05) is 42.8 Å². The number of hydrogen-bond acceptors (Lipinski definition) is 4. The third-order valence-electron chi connectivity index (χ3n) is 3.69. The maximum Gasteiger partial charge on any atom is 0.101 e. The van der Waals surface area contributed by atoms with E-state index in [1.807, 2.05) is 31.2 Å². The molecule has 0 aliphatic carbocycles. The predicted octanol–water partition coefficient (Wildman–Crippen LogP) is 5.53. The minimum atomic E-state index is 0.0785. The number of nitriles is 1. The first-order chi connectivity index (χ1) is 12.1. The Labute approximate surface area is 152 Å². The highest BCUT2D eigenvalue weighted by Gasteiger charge is 2.08. The summed E-state index contributed by atoms with van der Waals surface area (Å²) in [4.78, 5) is 0.312. The number of allylic oxidation sites excluding steroid dienone is 1. The monoisotopic (exact) mass is 353 g/mol. The SMILES string of the molecule is CC/C=C(/N/N=C/c1cc(C)c(C#N)c(SF)c1)c1ccc(C)cc1. The van der Waals surface area contributed by atoms with E-state index in [4.69, 9.17) is 5.26 Å². The molecule has 3 nitrogen and oxygen atoms in total. The molecule has 2 rings (SSSR count). The fourth-order valence-corrected chi connectivity index (χ4v) is 2.87. The normalized spacial score (nSPS) is 11.6. The van der Waals surface area contributed by atoms with Crippen molar-refractivity contribution in [2.75, 3.05) is 0 Å². The van der Waals surface area contributed by atoms with Crippen LogP contribution < -0.4 is 5.43 Å². The summed E-state index contributed by atoms with van der Waals surface area (Å²) in [6, 6.07) is 13.7. The second kappa shape index (κ2) is 9.05. The third kappa shape index (κ3) is 4.94. The summed E-state index contributed by atoms with van der Waals surface area (Å²) >= 11 is 0.0785. The highest BCUT2D eigenvalue weighted by Crippen LogP contribution is 2.26. The highest BCUT2D eigenvalue weighted by atomic mass is 32.2. The lowest BCUT2D eigenvalue weighted by atomic mass is 10.1. The first-order valence-corrected chi connectivity index (χ1v) is 8.70. The largest absolute Gasteiger partial charge is 0.278 e. The van der Waals surface area contributed by atoms with Crippen molar-refractivity contribution in [1.82, 2.24) is 5.43 Å². The molecule has 0 radical (unpaired) electrons. The van der Waals surface area contributed by atoms with E-state index < -0.39 is 0 Å². The van der Waals surface area contributed by atoms with Crippen LogP contribution in [0, 0.1) is 25.2 Å². The number of benzene rings is 2. The van der Waals surface area contributed by atoms with Crippen LogP contribution in [0.5, 0.6) is 0 Å². The maximum atomic E-state index is 13.0. The molecule has 0 atom stereocenters. The molecule has 2 aromatic rings. The van der Waals surface area contributed by atoms with Crippen LogP contribution in [0.1, 0.15) is 41.2 Å². The van der Waals surface area contributed by atoms with E-state index in [-0.39, 0.29) is 12.1 Å². The third-order valence-corrected chi connectivity index (χ3v) is 4.17. The van der Waals surface area contributed by atoms with Crippen LogP contribution in [0.25, 0.3) is 5.70 Å². The summed E-state index contributed by atoms with van der Waals surface area (Å²) in [7, 11) is 0. The van der Waals surface area contributed by atoms with Crippen molar-refractivity contribution in [3.63, 3.8) is 0 Å². The summed E-state index contributed by atoms with van der Waals surface area (Å²) in [5.74, 6) is 0. The molecule has 25 heavy (non-hydrogen) atoms. The summed E-state index contributed by atoms with van der Waals surface area (Å²) in [6.45, 7) is 5.90. The number of rotatable bonds is 6. The molecular weight excluding hydrogens is 333 g/mol. The van der Waals surface area contributed by atoms with Crippen molar-refractivity contribution >= 4 is 24.1 Å².